The minimum Gasteiger partial charge on any atom is -0.352 e. The van der Waals surface area contributed by atoms with Crippen LogP contribution in [0.1, 0.15) is 41.0 Å². The Hall–Kier alpha value is -2.70. The van der Waals surface area contributed by atoms with Crippen LogP contribution in [-0.2, 0) is 17.6 Å². The van der Waals surface area contributed by atoms with E-state index >= 15 is 0 Å². The van der Waals surface area contributed by atoms with Crippen molar-refractivity contribution < 1.29 is 9.59 Å². The molecular weight excluding hydrogens is 342 g/mol. The topological polar surface area (TPSA) is 91.0 Å². The maximum absolute atomic E-state index is 13.0. The average molecular weight is 367 g/mol. The van der Waals surface area contributed by atoms with Crippen LogP contribution in [0.5, 0.6) is 0 Å². The van der Waals surface area contributed by atoms with Crippen LogP contribution < -0.4 is 5.32 Å². The van der Waals surface area contributed by atoms with Gasteiger partial charge in [0.1, 0.15) is 0 Å². The lowest BCUT2D eigenvalue weighted by molar-refractivity contribution is -0.137. The van der Waals surface area contributed by atoms with Crippen LogP contribution in [0, 0.1) is 11.8 Å². The van der Waals surface area contributed by atoms with Gasteiger partial charge in [0.2, 0.25) is 5.91 Å². The Morgan fingerprint density at radius 1 is 1.15 bits per heavy atom. The number of carbonyl (C=O) groups is 2. The van der Waals surface area contributed by atoms with Gasteiger partial charge in [0.05, 0.1) is 11.4 Å². The molecule has 0 radical (unpaired) electrons. The SMILES string of the molecule is O=C(NCC1CCCN(C(=O)C2CCc3n[nH]nc3C2)C1)c1ccccc1. The minimum absolute atomic E-state index is 0.000241. The van der Waals surface area contributed by atoms with E-state index in [1.807, 2.05) is 35.2 Å². The number of aromatic nitrogens is 3. The van der Waals surface area contributed by atoms with Gasteiger partial charge in [-0.3, -0.25) is 9.59 Å². The molecule has 7 nitrogen and oxygen atoms in total. The molecule has 2 aliphatic rings. The van der Waals surface area contributed by atoms with Crippen molar-refractivity contribution in [2.24, 2.45) is 11.8 Å². The molecule has 1 fully saturated rings. The molecule has 2 unspecified atom stereocenters. The number of rotatable bonds is 4. The van der Waals surface area contributed by atoms with Crippen LogP contribution in [-0.4, -0.2) is 51.8 Å². The molecule has 1 aliphatic carbocycles. The number of aryl methyl sites for hydroxylation is 1. The van der Waals surface area contributed by atoms with E-state index in [0.717, 1.165) is 50.2 Å². The first-order valence-corrected chi connectivity index (χ1v) is 9.71. The molecule has 2 amide bonds. The van der Waals surface area contributed by atoms with Crippen molar-refractivity contribution in [1.29, 1.82) is 0 Å². The van der Waals surface area contributed by atoms with Crippen molar-refractivity contribution in [1.82, 2.24) is 25.6 Å². The Morgan fingerprint density at radius 2 is 1.96 bits per heavy atom. The van der Waals surface area contributed by atoms with Crippen molar-refractivity contribution in [2.75, 3.05) is 19.6 Å². The molecule has 2 aromatic rings. The molecule has 2 heterocycles. The van der Waals surface area contributed by atoms with Gasteiger partial charge in [-0.2, -0.15) is 15.4 Å². The second-order valence-electron chi connectivity index (χ2n) is 7.53. The van der Waals surface area contributed by atoms with Crippen LogP contribution in [0.2, 0.25) is 0 Å². The highest BCUT2D eigenvalue weighted by atomic mass is 16.2. The summed E-state index contributed by atoms with van der Waals surface area (Å²) >= 11 is 0. The van der Waals surface area contributed by atoms with Crippen LogP contribution in [0.15, 0.2) is 30.3 Å². The number of fused-ring (bicyclic) bond motifs is 1. The van der Waals surface area contributed by atoms with Crippen molar-refractivity contribution >= 4 is 11.8 Å². The summed E-state index contributed by atoms with van der Waals surface area (Å²) in [6.07, 6.45) is 4.35. The van der Waals surface area contributed by atoms with E-state index in [1.54, 1.807) is 0 Å². The standard InChI is InChI=1S/C20H25N5O2/c26-19(15-6-2-1-3-7-15)21-12-14-5-4-10-25(13-14)20(27)16-8-9-17-18(11-16)23-24-22-17/h1-3,6-7,14,16H,4-5,8-13H2,(H,21,26)(H,22,23,24). The van der Waals surface area contributed by atoms with Crippen LogP contribution in [0.25, 0.3) is 0 Å². The van der Waals surface area contributed by atoms with Gasteiger partial charge in [-0.25, -0.2) is 0 Å². The van der Waals surface area contributed by atoms with Crippen molar-refractivity contribution in [2.45, 2.75) is 32.1 Å². The van der Waals surface area contributed by atoms with Gasteiger partial charge < -0.3 is 10.2 Å². The van der Waals surface area contributed by atoms with Gasteiger partial charge in [0.15, 0.2) is 0 Å². The summed E-state index contributed by atoms with van der Waals surface area (Å²) in [6, 6.07) is 9.25. The van der Waals surface area contributed by atoms with E-state index in [9.17, 15) is 9.59 Å². The van der Waals surface area contributed by atoms with E-state index in [0.29, 0.717) is 24.4 Å². The molecule has 7 heteroatoms. The zero-order valence-electron chi connectivity index (χ0n) is 15.4. The quantitative estimate of drug-likeness (QED) is 0.858. The van der Waals surface area contributed by atoms with E-state index < -0.39 is 0 Å². The van der Waals surface area contributed by atoms with Crippen LogP contribution in [0.4, 0.5) is 0 Å². The highest BCUT2D eigenvalue weighted by Gasteiger charge is 2.32. The molecule has 1 aromatic carbocycles. The second kappa shape index (κ2) is 7.90. The number of aromatic amines is 1. The molecule has 2 N–H and O–H groups in total. The molecule has 1 aromatic heterocycles. The molecule has 1 saturated heterocycles. The third kappa shape index (κ3) is 4.02. The minimum atomic E-state index is -0.0510. The fourth-order valence-corrected chi connectivity index (χ4v) is 4.11. The summed E-state index contributed by atoms with van der Waals surface area (Å²) in [4.78, 5) is 27.2. The summed E-state index contributed by atoms with van der Waals surface area (Å²) in [5.74, 6) is 0.481. The lowest BCUT2D eigenvalue weighted by atomic mass is 9.87. The van der Waals surface area contributed by atoms with Crippen LogP contribution in [0.3, 0.4) is 0 Å². The lowest BCUT2D eigenvalue weighted by Gasteiger charge is -2.35. The van der Waals surface area contributed by atoms with E-state index in [2.05, 4.69) is 20.7 Å². The zero-order chi connectivity index (χ0) is 18.6. The number of likely N-dealkylation sites (tertiary alicyclic amines) is 1. The first-order chi connectivity index (χ1) is 13.2. The van der Waals surface area contributed by atoms with E-state index in [-0.39, 0.29) is 17.7 Å². The monoisotopic (exact) mass is 367 g/mol. The molecule has 142 valence electrons. The third-order valence-corrected chi connectivity index (χ3v) is 5.64. The molecule has 1 aliphatic heterocycles. The molecule has 0 spiro atoms. The molecular formula is C20H25N5O2. The Kier molecular flexibility index (Phi) is 5.18. The first kappa shape index (κ1) is 17.7. The third-order valence-electron chi connectivity index (χ3n) is 5.64. The average Bonchev–Trinajstić information content (AvgIpc) is 3.20. The number of hydrogen-bond acceptors (Lipinski definition) is 4. The fraction of sp³-hybridized carbons (Fsp3) is 0.500. The van der Waals surface area contributed by atoms with Gasteiger partial charge in [-0.05, 0) is 43.7 Å². The Labute approximate surface area is 158 Å². The van der Waals surface area contributed by atoms with Crippen molar-refractivity contribution in [3.8, 4) is 0 Å². The summed E-state index contributed by atoms with van der Waals surface area (Å²) < 4.78 is 0. The second-order valence-corrected chi connectivity index (χ2v) is 7.53. The number of hydrogen-bond donors (Lipinski definition) is 2. The Bertz CT molecular complexity index is 804. The predicted molar refractivity (Wildman–Crippen MR) is 100.0 cm³/mol. The number of nitrogens with zero attached hydrogens (tertiary/aromatic N) is 3. The number of nitrogens with one attached hydrogen (secondary N) is 2. The van der Waals surface area contributed by atoms with E-state index in [1.165, 1.54) is 0 Å². The number of amides is 2. The number of piperidine rings is 1. The number of H-pyrrole nitrogens is 1. The fourth-order valence-electron chi connectivity index (χ4n) is 4.11. The normalized spacial score (nSPS) is 22.1. The number of benzene rings is 1. The zero-order valence-corrected chi connectivity index (χ0v) is 15.4. The highest BCUT2D eigenvalue weighted by molar-refractivity contribution is 5.94. The lowest BCUT2D eigenvalue weighted by Crippen LogP contribution is -2.46. The summed E-state index contributed by atoms with van der Waals surface area (Å²) in [6.45, 7) is 2.13. The van der Waals surface area contributed by atoms with Gasteiger partial charge in [0.25, 0.3) is 5.91 Å². The largest absolute Gasteiger partial charge is 0.352 e. The first-order valence-electron chi connectivity index (χ1n) is 9.71. The highest BCUT2D eigenvalue weighted by Crippen LogP contribution is 2.26. The smallest absolute Gasteiger partial charge is 0.251 e. The molecule has 0 bridgehead atoms. The van der Waals surface area contributed by atoms with E-state index in [4.69, 9.17) is 0 Å². The summed E-state index contributed by atoms with van der Waals surface area (Å²) in [5.41, 5.74) is 2.61. The molecule has 2 atom stereocenters. The Morgan fingerprint density at radius 3 is 2.81 bits per heavy atom. The van der Waals surface area contributed by atoms with Gasteiger partial charge >= 0.3 is 0 Å². The summed E-state index contributed by atoms with van der Waals surface area (Å²) in [7, 11) is 0. The van der Waals surface area contributed by atoms with Crippen molar-refractivity contribution in [3.05, 3.63) is 47.3 Å². The molecule has 4 rings (SSSR count). The van der Waals surface area contributed by atoms with Gasteiger partial charge in [-0.15, -0.1) is 0 Å². The maximum atomic E-state index is 13.0. The van der Waals surface area contributed by atoms with Crippen molar-refractivity contribution in [3.63, 3.8) is 0 Å². The summed E-state index contributed by atoms with van der Waals surface area (Å²) in [5, 5.41) is 14.0. The predicted octanol–water partition coefficient (Wildman–Crippen LogP) is 1.58. The van der Waals surface area contributed by atoms with Gasteiger partial charge in [-0.1, -0.05) is 18.2 Å². The Balaban J connectivity index is 1.30. The van der Waals surface area contributed by atoms with Crippen LogP contribution >= 0.6 is 0 Å². The van der Waals surface area contributed by atoms with Gasteiger partial charge in [0, 0.05) is 37.5 Å². The molecule has 0 saturated carbocycles. The maximum Gasteiger partial charge on any atom is 0.251 e. The number of carbonyl (C=O) groups excluding carboxylic acids is 2. The molecule has 27 heavy (non-hydrogen) atoms.